The van der Waals surface area contributed by atoms with Gasteiger partial charge < -0.3 is 16.0 Å². The summed E-state index contributed by atoms with van der Waals surface area (Å²) in [5.74, 6) is 0.797. The van der Waals surface area contributed by atoms with E-state index in [1.807, 2.05) is 29.3 Å². The number of amides is 1. The van der Waals surface area contributed by atoms with Gasteiger partial charge in [-0.2, -0.15) is 11.8 Å². The molecule has 1 rings (SSSR count). The highest BCUT2D eigenvalue weighted by Crippen LogP contribution is 2.19. The van der Waals surface area contributed by atoms with Crippen molar-refractivity contribution in [3.63, 3.8) is 0 Å². The van der Waals surface area contributed by atoms with Gasteiger partial charge in [-0.3, -0.25) is 9.79 Å². The van der Waals surface area contributed by atoms with Crippen molar-refractivity contribution < 1.29 is 4.79 Å². The molecule has 0 aliphatic rings. The average Bonchev–Trinajstić information content (AvgIpc) is 3.04. The van der Waals surface area contributed by atoms with Crippen LogP contribution in [-0.2, 0) is 0 Å². The number of nitrogens with zero attached hydrogens (tertiary/aromatic N) is 1. The summed E-state index contributed by atoms with van der Waals surface area (Å²) in [5.41, 5.74) is 0. The Morgan fingerprint density at radius 3 is 2.64 bits per heavy atom. The van der Waals surface area contributed by atoms with Gasteiger partial charge in [0.25, 0.3) is 5.91 Å². The average molecular weight is 343 g/mol. The van der Waals surface area contributed by atoms with Crippen LogP contribution < -0.4 is 16.0 Å². The zero-order valence-corrected chi connectivity index (χ0v) is 15.4. The SMILES string of the molecule is CN=C(NCCCNC(=O)c1cccs1)NCC(C)(C)SC. The molecular weight excluding hydrogens is 316 g/mol. The number of hydrogen-bond acceptors (Lipinski definition) is 4. The van der Waals surface area contributed by atoms with E-state index >= 15 is 0 Å². The molecule has 1 aromatic rings. The summed E-state index contributed by atoms with van der Waals surface area (Å²) in [6.45, 7) is 6.65. The molecule has 0 saturated heterocycles. The topological polar surface area (TPSA) is 65.5 Å². The summed E-state index contributed by atoms with van der Waals surface area (Å²) >= 11 is 3.28. The Morgan fingerprint density at radius 1 is 1.32 bits per heavy atom. The number of hydrogen-bond donors (Lipinski definition) is 3. The minimum absolute atomic E-state index is 0.000715. The van der Waals surface area contributed by atoms with E-state index in [2.05, 4.69) is 41.0 Å². The van der Waals surface area contributed by atoms with E-state index in [1.165, 1.54) is 11.3 Å². The van der Waals surface area contributed by atoms with Crippen molar-refractivity contribution in [2.24, 2.45) is 4.99 Å². The Labute approximate surface area is 141 Å². The number of rotatable bonds is 8. The summed E-state index contributed by atoms with van der Waals surface area (Å²) in [4.78, 5) is 16.7. The van der Waals surface area contributed by atoms with Crippen LogP contribution in [0, 0.1) is 0 Å². The number of carbonyl (C=O) groups is 1. The fourth-order valence-electron chi connectivity index (χ4n) is 1.58. The van der Waals surface area contributed by atoms with Crippen LogP contribution in [0.2, 0.25) is 0 Å². The molecule has 1 amide bonds. The molecule has 1 aromatic heterocycles. The van der Waals surface area contributed by atoms with Gasteiger partial charge in [-0.05, 0) is 38.0 Å². The number of aliphatic imine (C=N–C) groups is 1. The van der Waals surface area contributed by atoms with Crippen molar-refractivity contribution in [1.82, 2.24) is 16.0 Å². The second kappa shape index (κ2) is 9.74. The molecule has 0 aromatic carbocycles. The van der Waals surface area contributed by atoms with Gasteiger partial charge in [0.15, 0.2) is 5.96 Å². The third-order valence-corrected chi connectivity index (χ3v) is 5.25. The van der Waals surface area contributed by atoms with Gasteiger partial charge >= 0.3 is 0 Å². The highest BCUT2D eigenvalue weighted by molar-refractivity contribution is 7.99. The Hall–Kier alpha value is -1.21. The molecule has 0 aliphatic carbocycles. The molecule has 0 aliphatic heterocycles. The number of thioether (sulfide) groups is 1. The fraction of sp³-hybridized carbons (Fsp3) is 0.600. The third kappa shape index (κ3) is 7.17. The predicted molar refractivity (Wildman–Crippen MR) is 98.2 cm³/mol. The lowest BCUT2D eigenvalue weighted by Crippen LogP contribution is -2.43. The maximum absolute atomic E-state index is 11.7. The van der Waals surface area contributed by atoms with Crippen molar-refractivity contribution >= 4 is 35.0 Å². The Bertz CT molecular complexity index is 472. The maximum atomic E-state index is 11.7. The quantitative estimate of drug-likeness (QED) is 0.385. The molecule has 22 heavy (non-hydrogen) atoms. The van der Waals surface area contributed by atoms with Crippen molar-refractivity contribution in [1.29, 1.82) is 0 Å². The fourth-order valence-corrected chi connectivity index (χ4v) is 2.44. The molecule has 5 nitrogen and oxygen atoms in total. The normalized spacial score (nSPS) is 12.1. The van der Waals surface area contributed by atoms with Gasteiger partial charge in [-0.15, -0.1) is 11.3 Å². The number of thiophene rings is 1. The van der Waals surface area contributed by atoms with Crippen molar-refractivity contribution in [2.45, 2.75) is 25.0 Å². The molecule has 0 fully saturated rings. The van der Waals surface area contributed by atoms with Crippen molar-refractivity contribution in [2.75, 3.05) is 32.9 Å². The van der Waals surface area contributed by atoms with Gasteiger partial charge in [0.1, 0.15) is 0 Å². The number of carbonyl (C=O) groups excluding carboxylic acids is 1. The van der Waals surface area contributed by atoms with Crippen LogP contribution >= 0.6 is 23.1 Å². The van der Waals surface area contributed by atoms with Gasteiger partial charge in [0.2, 0.25) is 0 Å². The third-order valence-electron chi connectivity index (χ3n) is 3.13. The Morgan fingerprint density at radius 2 is 2.05 bits per heavy atom. The van der Waals surface area contributed by atoms with Crippen molar-refractivity contribution in [3.05, 3.63) is 22.4 Å². The van der Waals surface area contributed by atoms with Gasteiger partial charge in [-0.25, -0.2) is 0 Å². The zero-order chi connectivity index (χ0) is 16.4. The molecule has 3 N–H and O–H groups in total. The highest BCUT2D eigenvalue weighted by Gasteiger charge is 2.15. The van der Waals surface area contributed by atoms with E-state index in [4.69, 9.17) is 0 Å². The zero-order valence-electron chi connectivity index (χ0n) is 13.7. The minimum atomic E-state index is -0.000715. The second-order valence-corrected chi connectivity index (χ2v) is 7.86. The Balaban J connectivity index is 2.16. The number of nitrogens with one attached hydrogen (secondary N) is 3. The molecule has 0 spiro atoms. The van der Waals surface area contributed by atoms with E-state index in [1.54, 1.807) is 7.05 Å². The summed E-state index contributed by atoms with van der Waals surface area (Å²) in [6, 6.07) is 3.71. The molecule has 0 radical (unpaired) electrons. The van der Waals surface area contributed by atoms with Crippen LogP contribution in [0.4, 0.5) is 0 Å². The van der Waals surface area contributed by atoms with Crippen LogP contribution in [0.5, 0.6) is 0 Å². The lowest BCUT2D eigenvalue weighted by molar-refractivity contribution is 0.0957. The van der Waals surface area contributed by atoms with Crippen LogP contribution in [0.25, 0.3) is 0 Å². The lowest BCUT2D eigenvalue weighted by Gasteiger charge is -2.23. The molecule has 0 unspecified atom stereocenters. The van der Waals surface area contributed by atoms with Gasteiger partial charge in [0.05, 0.1) is 4.88 Å². The molecule has 1 heterocycles. The largest absolute Gasteiger partial charge is 0.356 e. The van der Waals surface area contributed by atoms with E-state index in [-0.39, 0.29) is 10.7 Å². The van der Waals surface area contributed by atoms with Gasteiger partial charge in [0, 0.05) is 31.4 Å². The Kier molecular flexibility index (Phi) is 8.34. The molecule has 7 heteroatoms. The summed E-state index contributed by atoms with van der Waals surface area (Å²) in [6.07, 6.45) is 2.96. The van der Waals surface area contributed by atoms with Crippen LogP contribution in [0.15, 0.2) is 22.5 Å². The first-order chi connectivity index (χ1) is 10.5. The minimum Gasteiger partial charge on any atom is -0.356 e. The van der Waals surface area contributed by atoms with E-state index in [9.17, 15) is 4.79 Å². The van der Waals surface area contributed by atoms with E-state index < -0.39 is 0 Å². The van der Waals surface area contributed by atoms with Crippen LogP contribution in [0.3, 0.4) is 0 Å². The van der Waals surface area contributed by atoms with Crippen LogP contribution in [-0.4, -0.2) is 49.6 Å². The summed E-state index contributed by atoms with van der Waals surface area (Å²) in [7, 11) is 1.76. The van der Waals surface area contributed by atoms with E-state index in [0.29, 0.717) is 6.54 Å². The molecule has 0 bridgehead atoms. The second-order valence-electron chi connectivity index (χ2n) is 5.40. The molecule has 124 valence electrons. The monoisotopic (exact) mass is 342 g/mol. The molecular formula is C15H26N4OS2. The predicted octanol–water partition coefficient (Wildman–Crippen LogP) is 2.17. The molecule has 0 saturated carbocycles. The van der Waals surface area contributed by atoms with Crippen LogP contribution in [0.1, 0.15) is 29.9 Å². The first kappa shape index (κ1) is 18.8. The van der Waals surface area contributed by atoms with E-state index in [0.717, 1.165) is 30.3 Å². The standard InChI is InChI=1S/C15H26N4OS2/c1-15(2,21-4)11-19-14(16-3)18-9-6-8-17-13(20)12-7-5-10-22-12/h5,7,10H,6,8-9,11H2,1-4H3,(H,17,20)(H2,16,18,19). The highest BCUT2D eigenvalue weighted by atomic mass is 32.2. The molecule has 0 atom stereocenters. The number of guanidine groups is 1. The van der Waals surface area contributed by atoms with Crippen molar-refractivity contribution in [3.8, 4) is 0 Å². The lowest BCUT2D eigenvalue weighted by atomic mass is 10.2. The maximum Gasteiger partial charge on any atom is 0.261 e. The smallest absolute Gasteiger partial charge is 0.261 e. The first-order valence-electron chi connectivity index (χ1n) is 7.30. The summed E-state index contributed by atoms with van der Waals surface area (Å²) < 4.78 is 0.173. The van der Waals surface area contributed by atoms with Gasteiger partial charge in [-0.1, -0.05) is 6.07 Å². The first-order valence-corrected chi connectivity index (χ1v) is 9.40. The summed E-state index contributed by atoms with van der Waals surface area (Å²) in [5, 5.41) is 11.4.